The number of rotatable bonds is 1. The fourth-order valence-electron chi connectivity index (χ4n) is 6.38. The third-order valence-electron chi connectivity index (χ3n) is 7.94. The van der Waals surface area contributed by atoms with E-state index in [1.165, 1.54) is 61.2 Å². The number of aromatic nitrogens is 2. The Morgan fingerprint density at radius 3 is 2.49 bits per heavy atom. The molecule has 0 bridgehead atoms. The number of oxazole rings is 1. The topological polar surface area (TPSA) is 31.0 Å². The maximum absolute atomic E-state index is 5.65. The minimum absolute atomic E-state index is 0.0348. The van der Waals surface area contributed by atoms with E-state index in [9.17, 15) is 0 Å². The Hall–Kier alpha value is -4.37. The lowest BCUT2D eigenvalue weighted by atomic mass is 9.82. The monoisotopic (exact) mass is 450 g/mol. The van der Waals surface area contributed by atoms with Gasteiger partial charge in [-0.15, -0.1) is 0 Å². The highest BCUT2D eigenvalue weighted by Gasteiger charge is 2.36. The number of para-hydroxylation sites is 2. The molecule has 35 heavy (non-hydrogen) atoms. The van der Waals surface area contributed by atoms with Crippen LogP contribution in [-0.4, -0.2) is 9.55 Å². The van der Waals surface area contributed by atoms with Crippen LogP contribution in [0.4, 0.5) is 0 Å². The molecule has 166 valence electrons. The smallest absolute Gasteiger partial charge is 0.182 e. The minimum Gasteiger partial charge on any atom is -0.443 e. The van der Waals surface area contributed by atoms with E-state index in [0.717, 1.165) is 16.8 Å². The molecule has 0 unspecified atom stereocenters. The maximum Gasteiger partial charge on any atom is 0.182 e. The molecule has 2 aromatic heterocycles. The molecule has 0 N–H and O–H groups in total. The van der Waals surface area contributed by atoms with E-state index in [-0.39, 0.29) is 5.41 Å². The molecule has 7 aromatic rings. The molecule has 0 spiro atoms. The van der Waals surface area contributed by atoms with Crippen LogP contribution in [0.3, 0.4) is 0 Å². The van der Waals surface area contributed by atoms with Gasteiger partial charge in [0.1, 0.15) is 5.52 Å². The predicted molar refractivity (Wildman–Crippen MR) is 143 cm³/mol. The SMILES string of the molecule is CC1(C)c2ccccc2-c2c1ccc1ccc3c(c4ccccc4n3-c3cccc4ocnc34)c21. The number of benzene rings is 5. The Bertz CT molecular complexity index is 1990. The average molecular weight is 451 g/mol. The summed E-state index contributed by atoms with van der Waals surface area (Å²) in [5.74, 6) is 0. The van der Waals surface area contributed by atoms with Gasteiger partial charge in [0.05, 0.1) is 16.7 Å². The van der Waals surface area contributed by atoms with Crippen LogP contribution < -0.4 is 0 Å². The third kappa shape index (κ3) is 2.28. The van der Waals surface area contributed by atoms with Crippen LogP contribution in [0.25, 0.3) is 60.5 Å². The number of hydrogen-bond donors (Lipinski definition) is 0. The summed E-state index contributed by atoms with van der Waals surface area (Å²) >= 11 is 0. The lowest BCUT2D eigenvalue weighted by Gasteiger charge is -2.21. The summed E-state index contributed by atoms with van der Waals surface area (Å²) in [6.07, 6.45) is 1.53. The molecule has 3 heteroatoms. The Balaban J connectivity index is 1.62. The van der Waals surface area contributed by atoms with E-state index in [0.29, 0.717) is 0 Å². The van der Waals surface area contributed by atoms with Crippen LogP contribution in [0.2, 0.25) is 0 Å². The van der Waals surface area contributed by atoms with Crippen molar-refractivity contribution < 1.29 is 4.42 Å². The third-order valence-corrected chi connectivity index (χ3v) is 7.94. The molecular formula is C32H22N2O. The van der Waals surface area contributed by atoms with Crippen molar-refractivity contribution in [1.29, 1.82) is 0 Å². The molecular weight excluding hydrogens is 428 g/mol. The van der Waals surface area contributed by atoms with Crippen molar-refractivity contribution in [2.24, 2.45) is 0 Å². The zero-order valence-corrected chi connectivity index (χ0v) is 19.5. The molecule has 0 saturated carbocycles. The normalized spacial score (nSPS) is 14.2. The maximum atomic E-state index is 5.65. The van der Waals surface area contributed by atoms with Gasteiger partial charge in [0.25, 0.3) is 0 Å². The van der Waals surface area contributed by atoms with Gasteiger partial charge in [-0.3, -0.25) is 0 Å². The van der Waals surface area contributed by atoms with E-state index in [4.69, 9.17) is 4.42 Å². The Morgan fingerprint density at radius 1 is 0.714 bits per heavy atom. The van der Waals surface area contributed by atoms with E-state index in [2.05, 4.69) is 102 Å². The van der Waals surface area contributed by atoms with Crippen LogP contribution in [0.1, 0.15) is 25.0 Å². The molecule has 1 aliphatic rings. The van der Waals surface area contributed by atoms with Gasteiger partial charge < -0.3 is 8.98 Å². The zero-order chi connectivity index (χ0) is 23.3. The highest BCUT2D eigenvalue weighted by Crippen LogP contribution is 2.53. The van der Waals surface area contributed by atoms with Gasteiger partial charge in [0.15, 0.2) is 12.0 Å². The van der Waals surface area contributed by atoms with E-state index in [1.807, 2.05) is 12.1 Å². The first-order valence-electron chi connectivity index (χ1n) is 12.1. The number of fused-ring (bicyclic) bond motifs is 10. The van der Waals surface area contributed by atoms with Gasteiger partial charge in [0, 0.05) is 16.2 Å². The quantitative estimate of drug-likeness (QED) is 0.251. The molecule has 0 radical (unpaired) electrons. The highest BCUT2D eigenvalue weighted by molar-refractivity contribution is 6.26. The largest absolute Gasteiger partial charge is 0.443 e. The summed E-state index contributed by atoms with van der Waals surface area (Å²) in [5.41, 5.74) is 10.5. The molecule has 2 heterocycles. The Labute approximate surface area is 202 Å². The van der Waals surface area contributed by atoms with Crippen LogP contribution >= 0.6 is 0 Å². The second kappa shape index (κ2) is 6.39. The van der Waals surface area contributed by atoms with Crippen molar-refractivity contribution in [2.75, 3.05) is 0 Å². The standard InChI is InChI=1S/C32H22N2O/c1-32(2)22-10-5-3-8-20(22)29-23(32)16-14-19-15-17-25-30(28(19)29)21-9-4-6-11-24(21)34(25)26-12-7-13-27-31(26)33-18-35-27/h3-18H,1-2H3. The Kier molecular flexibility index (Phi) is 3.47. The molecule has 0 aliphatic heterocycles. The van der Waals surface area contributed by atoms with Gasteiger partial charge in [-0.25, -0.2) is 4.98 Å². The average Bonchev–Trinajstić information content (AvgIpc) is 3.56. The molecule has 0 fully saturated rings. The molecule has 1 aliphatic carbocycles. The van der Waals surface area contributed by atoms with Crippen molar-refractivity contribution in [1.82, 2.24) is 9.55 Å². The summed E-state index contributed by atoms with van der Waals surface area (Å²) in [4.78, 5) is 4.57. The lowest BCUT2D eigenvalue weighted by Crippen LogP contribution is -2.14. The van der Waals surface area contributed by atoms with Gasteiger partial charge in [-0.1, -0.05) is 80.6 Å². The van der Waals surface area contributed by atoms with Gasteiger partial charge >= 0.3 is 0 Å². The summed E-state index contributed by atoms with van der Waals surface area (Å²) in [5, 5.41) is 5.15. The van der Waals surface area contributed by atoms with Crippen molar-refractivity contribution >= 4 is 43.7 Å². The second-order valence-electron chi connectivity index (χ2n) is 10.0. The van der Waals surface area contributed by atoms with Crippen molar-refractivity contribution in [3.05, 3.63) is 109 Å². The molecule has 0 saturated heterocycles. The molecule has 0 atom stereocenters. The van der Waals surface area contributed by atoms with Crippen molar-refractivity contribution in [3.8, 4) is 16.8 Å². The van der Waals surface area contributed by atoms with E-state index >= 15 is 0 Å². The van der Waals surface area contributed by atoms with Crippen LogP contribution in [0.5, 0.6) is 0 Å². The first-order valence-corrected chi connectivity index (χ1v) is 12.1. The number of hydrogen-bond acceptors (Lipinski definition) is 2. The van der Waals surface area contributed by atoms with E-state index < -0.39 is 0 Å². The number of nitrogens with zero attached hydrogens (tertiary/aromatic N) is 2. The summed E-state index contributed by atoms with van der Waals surface area (Å²) in [7, 11) is 0. The first kappa shape index (κ1) is 19.0. The molecule has 3 nitrogen and oxygen atoms in total. The van der Waals surface area contributed by atoms with Gasteiger partial charge in [-0.2, -0.15) is 0 Å². The van der Waals surface area contributed by atoms with Crippen molar-refractivity contribution in [2.45, 2.75) is 19.3 Å². The van der Waals surface area contributed by atoms with Gasteiger partial charge in [-0.05, 0) is 57.3 Å². The zero-order valence-electron chi connectivity index (χ0n) is 19.5. The van der Waals surface area contributed by atoms with Crippen LogP contribution in [0, 0.1) is 0 Å². The Morgan fingerprint density at radius 2 is 1.54 bits per heavy atom. The summed E-state index contributed by atoms with van der Waals surface area (Å²) in [6, 6.07) is 32.9. The first-order chi connectivity index (χ1) is 17.1. The van der Waals surface area contributed by atoms with E-state index in [1.54, 1.807) is 0 Å². The molecule has 0 amide bonds. The fraction of sp³-hybridized carbons (Fsp3) is 0.0938. The summed E-state index contributed by atoms with van der Waals surface area (Å²) in [6.45, 7) is 4.69. The summed E-state index contributed by atoms with van der Waals surface area (Å²) < 4.78 is 8.00. The molecule has 5 aromatic carbocycles. The van der Waals surface area contributed by atoms with Crippen LogP contribution in [-0.2, 0) is 5.41 Å². The fourth-order valence-corrected chi connectivity index (χ4v) is 6.38. The lowest BCUT2D eigenvalue weighted by molar-refractivity contribution is 0.602. The van der Waals surface area contributed by atoms with Crippen LogP contribution in [0.15, 0.2) is 102 Å². The molecule has 8 rings (SSSR count). The highest BCUT2D eigenvalue weighted by atomic mass is 16.3. The minimum atomic E-state index is -0.0348. The van der Waals surface area contributed by atoms with Crippen molar-refractivity contribution in [3.63, 3.8) is 0 Å². The van der Waals surface area contributed by atoms with Gasteiger partial charge in [0.2, 0.25) is 0 Å². The second-order valence-corrected chi connectivity index (χ2v) is 10.0. The predicted octanol–water partition coefficient (Wildman–Crippen LogP) is 8.38.